The highest BCUT2D eigenvalue weighted by atomic mass is 79.9. The van der Waals surface area contributed by atoms with Gasteiger partial charge in [-0.05, 0) is 72.6 Å². The second-order valence-corrected chi connectivity index (χ2v) is 10.9. The fourth-order valence-electron chi connectivity index (χ4n) is 3.95. The predicted molar refractivity (Wildman–Crippen MR) is 128 cm³/mol. The molecule has 7 heteroatoms. The quantitative estimate of drug-likeness (QED) is 0.415. The van der Waals surface area contributed by atoms with Gasteiger partial charge in [-0.25, -0.2) is 0 Å². The molecule has 1 atom stereocenters. The summed E-state index contributed by atoms with van der Waals surface area (Å²) < 4.78 is 6.17. The molecule has 1 aromatic carbocycles. The molecule has 0 saturated heterocycles. The standard InChI is InChI=1S/C24H25BrN2O3S/c1-24(2,3)14-6-11-17-19(13-14)31-23(27-21(28)18-5-4-12-30-18)20(17)22(29)26-16-9-7-15(25)8-10-16/h4-5,7-10,12,14H,6,11,13H2,1-3H3,(H,26,29)(H,27,28). The highest BCUT2D eigenvalue weighted by Crippen LogP contribution is 2.44. The summed E-state index contributed by atoms with van der Waals surface area (Å²) in [6.45, 7) is 6.78. The molecule has 0 fully saturated rings. The number of thiophene rings is 1. The van der Waals surface area contributed by atoms with Gasteiger partial charge >= 0.3 is 0 Å². The second kappa shape index (κ2) is 8.63. The van der Waals surface area contributed by atoms with Gasteiger partial charge in [-0.3, -0.25) is 9.59 Å². The van der Waals surface area contributed by atoms with Gasteiger partial charge in [-0.1, -0.05) is 36.7 Å². The van der Waals surface area contributed by atoms with Crippen LogP contribution in [0.4, 0.5) is 10.7 Å². The molecule has 1 unspecified atom stereocenters. The molecule has 1 aliphatic carbocycles. The summed E-state index contributed by atoms with van der Waals surface area (Å²) in [6, 6.07) is 10.7. The number of benzene rings is 1. The van der Waals surface area contributed by atoms with Gasteiger partial charge in [0.1, 0.15) is 5.00 Å². The summed E-state index contributed by atoms with van der Waals surface area (Å²) in [6.07, 6.45) is 4.23. The molecule has 31 heavy (non-hydrogen) atoms. The Labute approximate surface area is 194 Å². The lowest BCUT2D eigenvalue weighted by molar-refractivity contribution is 0.0997. The SMILES string of the molecule is CC(C)(C)C1CCc2c(sc(NC(=O)c3ccco3)c2C(=O)Nc2ccc(Br)cc2)C1. The van der Waals surface area contributed by atoms with Gasteiger partial charge in [0.2, 0.25) is 0 Å². The molecule has 0 spiro atoms. The van der Waals surface area contributed by atoms with E-state index in [1.54, 1.807) is 12.1 Å². The molecule has 2 amide bonds. The zero-order valence-corrected chi connectivity index (χ0v) is 20.2. The summed E-state index contributed by atoms with van der Waals surface area (Å²) >= 11 is 4.92. The van der Waals surface area contributed by atoms with Crippen molar-refractivity contribution in [3.63, 3.8) is 0 Å². The van der Waals surface area contributed by atoms with Gasteiger partial charge < -0.3 is 15.1 Å². The molecule has 2 heterocycles. The van der Waals surface area contributed by atoms with E-state index in [2.05, 4.69) is 47.3 Å². The van der Waals surface area contributed by atoms with Crippen LogP contribution in [0.2, 0.25) is 0 Å². The first-order chi connectivity index (χ1) is 14.7. The lowest BCUT2D eigenvalue weighted by Crippen LogP contribution is -2.27. The number of carbonyl (C=O) groups is 2. The Bertz CT molecular complexity index is 1100. The number of anilines is 2. The van der Waals surface area contributed by atoms with Crippen molar-refractivity contribution < 1.29 is 14.0 Å². The Morgan fingerprint density at radius 3 is 2.48 bits per heavy atom. The van der Waals surface area contributed by atoms with Crippen molar-refractivity contribution >= 4 is 49.8 Å². The largest absolute Gasteiger partial charge is 0.459 e. The summed E-state index contributed by atoms with van der Waals surface area (Å²) in [5.74, 6) is 0.199. The average Bonchev–Trinajstić information content (AvgIpc) is 3.36. The third kappa shape index (κ3) is 4.77. The predicted octanol–water partition coefficient (Wildman–Crippen LogP) is 6.76. The van der Waals surface area contributed by atoms with Crippen LogP contribution in [0.3, 0.4) is 0 Å². The number of nitrogens with one attached hydrogen (secondary N) is 2. The zero-order valence-electron chi connectivity index (χ0n) is 17.8. The van der Waals surface area contributed by atoms with E-state index in [-0.39, 0.29) is 23.0 Å². The van der Waals surface area contributed by atoms with E-state index >= 15 is 0 Å². The minimum Gasteiger partial charge on any atom is -0.459 e. The number of hydrogen-bond acceptors (Lipinski definition) is 4. The van der Waals surface area contributed by atoms with Crippen molar-refractivity contribution in [2.45, 2.75) is 40.0 Å². The van der Waals surface area contributed by atoms with Crippen LogP contribution < -0.4 is 10.6 Å². The van der Waals surface area contributed by atoms with Gasteiger partial charge in [0.25, 0.3) is 11.8 Å². The second-order valence-electron chi connectivity index (χ2n) is 8.91. The van der Waals surface area contributed by atoms with Crippen LogP contribution in [0, 0.1) is 11.3 Å². The first-order valence-corrected chi connectivity index (χ1v) is 11.9. The molecule has 0 bridgehead atoms. The molecule has 1 aliphatic rings. The number of carbonyl (C=O) groups excluding carboxylic acids is 2. The maximum absolute atomic E-state index is 13.3. The van der Waals surface area contributed by atoms with Crippen molar-refractivity contribution in [2.24, 2.45) is 11.3 Å². The van der Waals surface area contributed by atoms with Crippen LogP contribution in [0.25, 0.3) is 0 Å². The molecule has 4 rings (SSSR count). The smallest absolute Gasteiger partial charge is 0.291 e. The molecular weight excluding hydrogens is 476 g/mol. The van der Waals surface area contributed by atoms with Gasteiger partial charge in [0.05, 0.1) is 11.8 Å². The molecule has 2 aromatic heterocycles. The molecule has 0 radical (unpaired) electrons. The molecule has 2 N–H and O–H groups in total. The van der Waals surface area contributed by atoms with Crippen molar-refractivity contribution in [3.05, 3.63) is 68.9 Å². The van der Waals surface area contributed by atoms with Crippen molar-refractivity contribution in [3.8, 4) is 0 Å². The lowest BCUT2D eigenvalue weighted by atomic mass is 9.72. The third-order valence-corrected chi connectivity index (χ3v) is 7.49. The van der Waals surface area contributed by atoms with E-state index in [0.29, 0.717) is 22.2 Å². The number of rotatable bonds is 4. The highest BCUT2D eigenvalue weighted by Gasteiger charge is 2.34. The molecule has 162 valence electrons. The van der Waals surface area contributed by atoms with Crippen molar-refractivity contribution in [2.75, 3.05) is 10.6 Å². The topological polar surface area (TPSA) is 71.3 Å². The Morgan fingerprint density at radius 1 is 1.10 bits per heavy atom. The number of furan rings is 1. The minimum atomic E-state index is -0.353. The molecule has 0 saturated carbocycles. The Balaban J connectivity index is 1.67. The van der Waals surface area contributed by atoms with Crippen LogP contribution in [0.5, 0.6) is 0 Å². The molecule has 3 aromatic rings. The van der Waals surface area contributed by atoms with Crippen LogP contribution in [-0.2, 0) is 12.8 Å². The summed E-state index contributed by atoms with van der Waals surface area (Å²) in [5, 5.41) is 6.48. The van der Waals surface area contributed by atoms with Crippen LogP contribution in [0.15, 0.2) is 51.6 Å². The summed E-state index contributed by atoms with van der Waals surface area (Å²) in [4.78, 5) is 27.1. The number of halogens is 1. The Morgan fingerprint density at radius 2 is 1.84 bits per heavy atom. The van der Waals surface area contributed by atoms with Crippen LogP contribution in [0.1, 0.15) is 58.5 Å². The van der Waals surface area contributed by atoms with E-state index in [9.17, 15) is 9.59 Å². The Kier molecular flexibility index (Phi) is 6.08. The minimum absolute atomic E-state index is 0.194. The molecular formula is C24H25BrN2O3S. The van der Waals surface area contributed by atoms with Gasteiger partial charge in [0, 0.05) is 15.0 Å². The first-order valence-electron chi connectivity index (χ1n) is 10.3. The zero-order chi connectivity index (χ0) is 22.2. The normalized spacial score (nSPS) is 15.9. The number of fused-ring (bicyclic) bond motifs is 1. The van der Waals surface area contributed by atoms with Crippen molar-refractivity contribution in [1.82, 2.24) is 0 Å². The van der Waals surface area contributed by atoms with Crippen LogP contribution in [-0.4, -0.2) is 11.8 Å². The van der Waals surface area contributed by atoms with E-state index < -0.39 is 0 Å². The summed E-state index contributed by atoms with van der Waals surface area (Å²) in [7, 11) is 0. The maximum atomic E-state index is 13.3. The van der Waals surface area contributed by atoms with E-state index in [1.165, 1.54) is 22.5 Å². The van der Waals surface area contributed by atoms with Gasteiger partial charge in [-0.2, -0.15) is 0 Å². The fourth-order valence-corrected chi connectivity index (χ4v) is 5.54. The van der Waals surface area contributed by atoms with Crippen LogP contribution >= 0.6 is 27.3 Å². The van der Waals surface area contributed by atoms with Crippen molar-refractivity contribution in [1.29, 1.82) is 0 Å². The number of hydrogen-bond donors (Lipinski definition) is 2. The summed E-state index contributed by atoms with van der Waals surface area (Å²) in [5.41, 5.74) is 2.52. The molecule has 0 aliphatic heterocycles. The van der Waals surface area contributed by atoms with Gasteiger partial charge in [-0.15, -0.1) is 11.3 Å². The lowest BCUT2D eigenvalue weighted by Gasteiger charge is -2.33. The first kappa shape index (κ1) is 21.8. The number of amides is 2. The fraction of sp³-hybridized carbons (Fsp3) is 0.333. The van der Waals surface area contributed by atoms with E-state index in [1.807, 2.05) is 24.3 Å². The van der Waals surface area contributed by atoms with Gasteiger partial charge in [0.15, 0.2) is 5.76 Å². The highest BCUT2D eigenvalue weighted by molar-refractivity contribution is 9.10. The maximum Gasteiger partial charge on any atom is 0.291 e. The van der Waals surface area contributed by atoms with E-state index in [4.69, 9.17) is 4.42 Å². The molecule has 5 nitrogen and oxygen atoms in total. The van der Waals surface area contributed by atoms with E-state index in [0.717, 1.165) is 29.3 Å². The monoisotopic (exact) mass is 500 g/mol. The third-order valence-electron chi connectivity index (χ3n) is 5.79. The Hall–Kier alpha value is -2.38. The average molecular weight is 501 g/mol.